The van der Waals surface area contributed by atoms with Crippen LogP contribution in [0, 0.1) is 5.82 Å². The van der Waals surface area contributed by atoms with Crippen molar-refractivity contribution in [3.8, 4) is 0 Å². The lowest BCUT2D eigenvalue weighted by Gasteiger charge is -2.28. The van der Waals surface area contributed by atoms with E-state index < -0.39 is 17.4 Å². The van der Waals surface area contributed by atoms with Crippen LogP contribution in [0.2, 0.25) is 0 Å². The fourth-order valence-electron chi connectivity index (χ4n) is 1.65. The molecular formula is C13H15FO3. The van der Waals surface area contributed by atoms with Gasteiger partial charge in [0.2, 0.25) is 0 Å². The highest BCUT2D eigenvalue weighted by molar-refractivity contribution is 5.79. The Bertz CT molecular complexity index is 400. The van der Waals surface area contributed by atoms with E-state index in [2.05, 4.69) is 6.58 Å². The van der Waals surface area contributed by atoms with E-state index in [1.54, 1.807) is 6.92 Å². The number of hydrogen-bond donors (Lipinski definition) is 1. The smallest absolute Gasteiger partial charge is 0.340 e. The van der Waals surface area contributed by atoms with Crippen molar-refractivity contribution in [2.45, 2.75) is 18.9 Å². The van der Waals surface area contributed by atoms with Gasteiger partial charge in [-0.05, 0) is 24.1 Å². The molecule has 17 heavy (non-hydrogen) atoms. The maximum atomic E-state index is 12.8. The second-order valence-corrected chi connectivity index (χ2v) is 3.59. The van der Waals surface area contributed by atoms with Gasteiger partial charge in [-0.2, -0.15) is 0 Å². The van der Waals surface area contributed by atoms with E-state index in [-0.39, 0.29) is 13.0 Å². The molecule has 0 aliphatic carbocycles. The quantitative estimate of drug-likeness (QED) is 0.775. The van der Waals surface area contributed by atoms with Crippen LogP contribution in [0.4, 0.5) is 4.39 Å². The van der Waals surface area contributed by atoms with Gasteiger partial charge >= 0.3 is 5.97 Å². The number of carboxylic acids is 1. The van der Waals surface area contributed by atoms with Gasteiger partial charge < -0.3 is 9.84 Å². The SMILES string of the molecule is C=CCOC(CC)(C(=O)O)c1ccc(F)cc1. The van der Waals surface area contributed by atoms with Crippen LogP contribution in [0.5, 0.6) is 0 Å². The van der Waals surface area contributed by atoms with E-state index >= 15 is 0 Å². The fraction of sp³-hybridized carbons (Fsp3) is 0.308. The summed E-state index contributed by atoms with van der Waals surface area (Å²) in [5.74, 6) is -1.50. The van der Waals surface area contributed by atoms with Crippen molar-refractivity contribution in [2.75, 3.05) is 6.61 Å². The van der Waals surface area contributed by atoms with Crippen LogP contribution in [0.3, 0.4) is 0 Å². The molecule has 0 aliphatic rings. The topological polar surface area (TPSA) is 46.5 Å². The predicted molar refractivity (Wildman–Crippen MR) is 62.2 cm³/mol. The van der Waals surface area contributed by atoms with E-state index in [1.165, 1.54) is 30.3 Å². The molecule has 1 unspecified atom stereocenters. The lowest BCUT2D eigenvalue weighted by molar-refractivity contribution is -0.166. The van der Waals surface area contributed by atoms with Crippen molar-refractivity contribution in [3.63, 3.8) is 0 Å². The fourth-order valence-corrected chi connectivity index (χ4v) is 1.65. The molecule has 1 aromatic rings. The summed E-state index contributed by atoms with van der Waals surface area (Å²) in [6, 6.07) is 5.30. The largest absolute Gasteiger partial charge is 0.479 e. The predicted octanol–water partition coefficient (Wildman–Crippen LogP) is 2.72. The first kappa shape index (κ1) is 13.4. The number of carboxylic acid groups (broad SMARTS) is 1. The first-order chi connectivity index (χ1) is 8.06. The number of hydrogen-bond acceptors (Lipinski definition) is 2. The zero-order valence-corrected chi connectivity index (χ0v) is 9.65. The van der Waals surface area contributed by atoms with Gasteiger partial charge in [-0.3, -0.25) is 0 Å². The van der Waals surface area contributed by atoms with Gasteiger partial charge in [0, 0.05) is 0 Å². The molecule has 0 aliphatic heterocycles. The molecule has 1 atom stereocenters. The van der Waals surface area contributed by atoms with Gasteiger partial charge in [-0.25, -0.2) is 9.18 Å². The minimum absolute atomic E-state index is 0.123. The summed E-state index contributed by atoms with van der Waals surface area (Å²) in [6.07, 6.45) is 1.73. The first-order valence-corrected chi connectivity index (χ1v) is 5.31. The molecule has 0 spiro atoms. The third-order valence-corrected chi connectivity index (χ3v) is 2.60. The van der Waals surface area contributed by atoms with Crippen LogP contribution in [0.1, 0.15) is 18.9 Å². The highest BCUT2D eigenvalue weighted by atomic mass is 19.1. The second kappa shape index (κ2) is 5.59. The summed E-state index contributed by atoms with van der Waals surface area (Å²) in [5, 5.41) is 9.32. The van der Waals surface area contributed by atoms with Crippen LogP contribution in [-0.2, 0) is 15.1 Å². The highest BCUT2D eigenvalue weighted by Crippen LogP contribution is 2.30. The molecule has 0 saturated carbocycles. The van der Waals surface area contributed by atoms with Gasteiger partial charge in [0.15, 0.2) is 5.60 Å². The third-order valence-electron chi connectivity index (χ3n) is 2.60. The molecule has 0 fully saturated rings. The van der Waals surface area contributed by atoms with Gasteiger partial charge in [0.1, 0.15) is 5.82 Å². The molecule has 0 amide bonds. The Balaban J connectivity index is 3.16. The molecule has 1 aromatic carbocycles. The van der Waals surface area contributed by atoms with Crippen molar-refractivity contribution >= 4 is 5.97 Å². The molecule has 0 bridgehead atoms. The van der Waals surface area contributed by atoms with Crippen molar-refractivity contribution in [1.82, 2.24) is 0 Å². The van der Waals surface area contributed by atoms with Crippen LogP contribution in [-0.4, -0.2) is 17.7 Å². The Kier molecular flexibility index (Phi) is 4.40. The average Bonchev–Trinajstić information content (AvgIpc) is 2.32. The molecule has 4 heteroatoms. The summed E-state index contributed by atoms with van der Waals surface area (Å²) in [6.45, 7) is 5.32. The average molecular weight is 238 g/mol. The second-order valence-electron chi connectivity index (χ2n) is 3.59. The Morgan fingerprint density at radius 3 is 2.53 bits per heavy atom. The molecule has 3 nitrogen and oxygen atoms in total. The highest BCUT2D eigenvalue weighted by Gasteiger charge is 2.39. The maximum Gasteiger partial charge on any atom is 0.340 e. The molecule has 0 aromatic heterocycles. The number of halogens is 1. The summed E-state index contributed by atoms with van der Waals surface area (Å²) in [5.41, 5.74) is -1.02. The molecule has 92 valence electrons. The monoisotopic (exact) mass is 238 g/mol. The van der Waals surface area contributed by atoms with Crippen LogP contribution < -0.4 is 0 Å². The molecule has 0 radical (unpaired) electrons. The molecule has 1 rings (SSSR count). The Morgan fingerprint density at radius 2 is 2.12 bits per heavy atom. The number of benzene rings is 1. The normalized spacial score (nSPS) is 14.0. The molecule has 1 N–H and O–H groups in total. The van der Waals surface area contributed by atoms with Gasteiger partial charge in [0.05, 0.1) is 6.61 Å². The lowest BCUT2D eigenvalue weighted by atomic mass is 9.91. The van der Waals surface area contributed by atoms with Crippen molar-refractivity contribution < 1.29 is 19.0 Å². The van der Waals surface area contributed by atoms with Crippen molar-refractivity contribution in [2.24, 2.45) is 0 Å². The zero-order valence-electron chi connectivity index (χ0n) is 9.65. The van der Waals surface area contributed by atoms with Gasteiger partial charge in [-0.1, -0.05) is 25.1 Å². The molecule has 0 heterocycles. The summed E-state index contributed by atoms with van der Waals surface area (Å²) >= 11 is 0. The Labute approximate surface area is 99.5 Å². The summed E-state index contributed by atoms with van der Waals surface area (Å²) < 4.78 is 18.2. The van der Waals surface area contributed by atoms with E-state index in [4.69, 9.17) is 4.74 Å². The van der Waals surface area contributed by atoms with Crippen molar-refractivity contribution in [1.29, 1.82) is 0 Å². The molecular weight excluding hydrogens is 223 g/mol. The number of ether oxygens (including phenoxy) is 1. The van der Waals surface area contributed by atoms with Crippen molar-refractivity contribution in [3.05, 3.63) is 48.3 Å². The standard InChI is InChI=1S/C13H15FO3/c1-3-9-17-13(4-2,12(15)16)10-5-7-11(14)8-6-10/h3,5-8H,1,4,9H2,2H3,(H,15,16). The van der Waals surface area contributed by atoms with Gasteiger partial charge in [0.25, 0.3) is 0 Å². The maximum absolute atomic E-state index is 12.8. The Hall–Kier alpha value is -1.68. The van der Waals surface area contributed by atoms with Crippen LogP contribution in [0.15, 0.2) is 36.9 Å². The Morgan fingerprint density at radius 1 is 1.53 bits per heavy atom. The first-order valence-electron chi connectivity index (χ1n) is 5.31. The van der Waals surface area contributed by atoms with Crippen LogP contribution in [0.25, 0.3) is 0 Å². The van der Waals surface area contributed by atoms with E-state index in [9.17, 15) is 14.3 Å². The van der Waals surface area contributed by atoms with Gasteiger partial charge in [-0.15, -0.1) is 6.58 Å². The van der Waals surface area contributed by atoms with Crippen LogP contribution >= 0.6 is 0 Å². The van der Waals surface area contributed by atoms with E-state index in [1.807, 2.05) is 0 Å². The van der Waals surface area contributed by atoms with E-state index in [0.717, 1.165) is 0 Å². The molecule has 0 saturated heterocycles. The zero-order chi connectivity index (χ0) is 12.9. The third kappa shape index (κ3) is 2.71. The minimum Gasteiger partial charge on any atom is -0.479 e. The minimum atomic E-state index is -1.44. The number of carbonyl (C=O) groups is 1. The number of aliphatic carboxylic acids is 1. The summed E-state index contributed by atoms with van der Waals surface area (Å²) in [7, 11) is 0. The van der Waals surface area contributed by atoms with E-state index in [0.29, 0.717) is 5.56 Å². The lowest BCUT2D eigenvalue weighted by Crippen LogP contribution is -2.38. The number of rotatable bonds is 6. The summed E-state index contributed by atoms with van der Waals surface area (Å²) in [4.78, 5) is 11.4.